The standard InChI is InChI=1S/C27H29FN6O2/c1-18-22(10-11-24(35)33-15-13-32(14-16-33)23-9-4-5-12-29-23)27(36)31(3)26-25(18)19(2)30-34(26)21-8-6-7-20(28)17-21/h4-9,12,17H,10-11,13-16H2,1-3H3. The molecule has 0 bridgehead atoms. The van der Waals surface area contributed by atoms with Crippen LogP contribution in [0, 0.1) is 19.7 Å². The average Bonchev–Trinajstić information content (AvgIpc) is 3.25. The van der Waals surface area contributed by atoms with Crippen molar-refractivity contribution in [2.45, 2.75) is 26.7 Å². The summed E-state index contributed by atoms with van der Waals surface area (Å²) in [4.78, 5) is 34.8. The summed E-state index contributed by atoms with van der Waals surface area (Å²) in [5.41, 5.74) is 3.19. The van der Waals surface area contributed by atoms with Crippen molar-refractivity contribution in [3.8, 4) is 5.69 Å². The van der Waals surface area contributed by atoms with Crippen molar-refractivity contribution in [1.29, 1.82) is 0 Å². The molecule has 1 aliphatic rings. The molecule has 3 aromatic heterocycles. The molecule has 0 aliphatic carbocycles. The van der Waals surface area contributed by atoms with Gasteiger partial charge >= 0.3 is 0 Å². The van der Waals surface area contributed by atoms with Gasteiger partial charge in [0.25, 0.3) is 5.56 Å². The predicted molar refractivity (Wildman–Crippen MR) is 137 cm³/mol. The van der Waals surface area contributed by atoms with Crippen LogP contribution in [0.1, 0.15) is 23.2 Å². The number of aryl methyl sites for hydroxylation is 3. The second kappa shape index (κ2) is 9.56. The summed E-state index contributed by atoms with van der Waals surface area (Å²) in [6.07, 6.45) is 2.40. The number of halogens is 1. The van der Waals surface area contributed by atoms with Crippen LogP contribution in [0.25, 0.3) is 16.7 Å². The van der Waals surface area contributed by atoms with Crippen LogP contribution in [0.2, 0.25) is 0 Å². The fourth-order valence-electron chi connectivity index (χ4n) is 5.07. The van der Waals surface area contributed by atoms with E-state index in [0.29, 0.717) is 36.4 Å². The highest BCUT2D eigenvalue weighted by Gasteiger charge is 2.24. The molecule has 4 aromatic rings. The number of fused-ring (bicyclic) bond motifs is 1. The van der Waals surface area contributed by atoms with Crippen LogP contribution in [0.15, 0.2) is 53.5 Å². The Labute approximate surface area is 208 Å². The van der Waals surface area contributed by atoms with Gasteiger partial charge in [-0.15, -0.1) is 0 Å². The van der Waals surface area contributed by atoms with Gasteiger partial charge in [0.15, 0.2) is 0 Å². The maximum Gasteiger partial charge on any atom is 0.255 e. The van der Waals surface area contributed by atoms with Crippen molar-refractivity contribution in [1.82, 2.24) is 24.2 Å². The lowest BCUT2D eigenvalue weighted by atomic mass is 10.0. The molecule has 0 saturated carbocycles. The summed E-state index contributed by atoms with van der Waals surface area (Å²) < 4.78 is 17.0. The number of amides is 1. The molecule has 0 N–H and O–H groups in total. The van der Waals surface area contributed by atoms with Gasteiger partial charge in [0.2, 0.25) is 5.91 Å². The number of rotatable bonds is 5. The molecule has 9 heteroatoms. The highest BCUT2D eigenvalue weighted by molar-refractivity contribution is 5.85. The summed E-state index contributed by atoms with van der Waals surface area (Å²) in [6, 6.07) is 12.0. The number of anilines is 1. The molecular weight excluding hydrogens is 459 g/mol. The molecule has 4 heterocycles. The summed E-state index contributed by atoms with van der Waals surface area (Å²) >= 11 is 0. The predicted octanol–water partition coefficient (Wildman–Crippen LogP) is 3.16. The van der Waals surface area contributed by atoms with Crippen LogP contribution >= 0.6 is 0 Å². The van der Waals surface area contributed by atoms with Gasteiger partial charge in [-0.3, -0.25) is 14.2 Å². The molecule has 1 aromatic carbocycles. The minimum Gasteiger partial charge on any atom is -0.353 e. The third-order valence-electron chi connectivity index (χ3n) is 6.99. The Morgan fingerprint density at radius 2 is 1.83 bits per heavy atom. The first-order chi connectivity index (χ1) is 17.3. The molecule has 1 fully saturated rings. The molecule has 186 valence electrons. The van der Waals surface area contributed by atoms with E-state index in [9.17, 15) is 14.0 Å². The molecule has 1 aliphatic heterocycles. The van der Waals surface area contributed by atoms with Crippen molar-refractivity contribution >= 4 is 22.8 Å². The zero-order valence-electron chi connectivity index (χ0n) is 20.7. The molecular formula is C27H29FN6O2. The molecule has 0 spiro atoms. The lowest BCUT2D eigenvalue weighted by Gasteiger charge is -2.35. The number of pyridine rings is 2. The van der Waals surface area contributed by atoms with E-state index in [1.807, 2.05) is 36.9 Å². The van der Waals surface area contributed by atoms with E-state index in [2.05, 4.69) is 15.0 Å². The number of piperazine rings is 1. The molecule has 1 amide bonds. The topological polar surface area (TPSA) is 76.3 Å². The minimum absolute atomic E-state index is 0.0457. The fourth-order valence-corrected chi connectivity index (χ4v) is 5.07. The van der Waals surface area contributed by atoms with E-state index in [1.165, 1.54) is 12.1 Å². The Hall–Kier alpha value is -4.01. The normalized spacial score (nSPS) is 14.0. The third-order valence-corrected chi connectivity index (χ3v) is 6.99. The van der Waals surface area contributed by atoms with Crippen LogP contribution < -0.4 is 10.5 Å². The number of nitrogens with zero attached hydrogens (tertiary/aromatic N) is 6. The van der Waals surface area contributed by atoms with Crippen LogP contribution in [-0.4, -0.2) is 56.3 Å². The van der Waals surface area contributed by atoms with Gasteiger partial charge in [-0.1, -0.05) is 12.1 Å². The molecule has 0 unspecified atom stereocenters. The summed E-state index contributed by atoms with van der Waals surface area (Å²) in [7, 11) is 1.70. The molecule has 36 heavy (non-hydrogen) atoms. The van der Waals surface area contributed by atoms with Gasteiger partial charge in [-0.05, 0) is 56.2 Å². The lowest BCUT2D eigenvalue weighted by Crippen LogP contribution is -2.49. The van der Waals surface area contributed by atoms with Crippen LogP contribution in [-0.2, 0) is 18.3 Å². The Kier molecular flexibility index (Phi) is 6.30. The van der Waals surface area contributed by atoms with E-state index in [0.717, 1.165) is 35.6 Å². The number of hydrogen-bond acceptors (Lipinski definition) is 5. The zero-order valence-corrected chi connectivity index (χ0v) is 20.7. The first-order valence-corrected chi connectivity index (χ1v) is 12.1. The second-order valence-electron chi connectivity index (χ2n) is 9.20. The van der Waals surface area contributed by atoms with Crippen LogP contribution in [0.4, 0.5) is 10.2 Å². The number of benzene rings is 1. The van der Waals surface area contributed by atoms with E-state index in [4.69, 9.17) is 0 Å². The molecule has 0 atom stereocenters. The van der Waals surface area contributed by atoms with Gasteiger partial charge < -0.3 is 9.80 Å². The lowest BCUT2D eigenvalue weighted by molar-refractivity contribution is -0.131. The van der Waals surface area contributed by atoms with E-state index in [-0.39, 0.29) is 23.7 Å². The Morgan fingerprint density at radius 1 is 1.06 bits per heavy atom. The molecule has 0 radical (unpaired) electrons. The number of hydrogen-bond donors (Lipinski definition) is 0. The average molecular weight is 489 g/mol. The fraction of sp³-hybridized carbons (Fsp3) is 0.333. The van der Waals surface area contributed by atoms with Crippen molar-refractivity contribution in [3.63, 3.8) is 0 Å². The minimum atomic E-state index is -0.369. The largest absolute Gasteiger partial charge is 0.353 e. The number of carbonyl (C=O) groups excluding carboxylic acids is 1. The Morgan fingerprint density at radius 3 is 2.53 bits per heavy atom. The van der Waals surface area contributed by atoms with Crippen molar-refractivity contribution < 1.29 is 9.18 Å². The molecule has 5 rings (SSSR count). The summed E-state index contributed by atoms with van der Waals surface area (Å²) in [6.45, 7) is 6.50. The van der Waals surface area contributed by atoms with Crippen molar-refractivity contribution in [2.75, 3.05) is 31.1 Å². The maximum atomic E-state index is 13.9. The van der Waals surface area contributed by atoms with E-state index < -0.39 is 0 Å². The smallest absolute Gasteiger partial charge is 0.255 e. The maximum absolute atomic E-state index is 13.9. The summed E-state index contributed by atoms with van der Waals surface area (Å²) in [5, 5.41) is 5.47. The van der Waals surface area contributed by atoms with Gasteiger partial charge in [-0.25, -0.2) is 14.1 Å². The zero-order chi connectivity index (χ0) is 25.4. The van der Waals surface area contributed by atoms with E-state index >= 15 is 0 Å². The SMILES string of the molecule is Cc1nn(-c2cccc(F)c2)c2c1c(C)c(CCC(=O)N1CCN(c3ccccn3)CC1)c(=O)n2C. The number of aromatic nitrogens is 4. The highest BCUT2D eigenvalue weighted by atomic mass is 19.1. The van der Waals surface area contributed by atoms with Gasteiger partial charge in [-0.2, -0.15) is 5.10 Å². The summed E-state index contributed by atoms with van der Waals surface area (Å²) in [5.74, 6) is 0.599. The van der Waals surface area contributed by atoms with Crippen LogP contribution in [0.5, 0.6) is 0 Å². The Balaban J connectivity index is 1.35. The molecule has 8 nitrogen and oxygen atoms in total. The van der Waals surface area contributed by atoms with E-state index in [1.54, 1.807) is 34.6 Å². The first kappa shape index (κ1) is 23.7. The van der Waals surface area contributed by atoms with Crippen LogP contribution in [0.3, 0.4) is 0 Å². The van der Waals surface area contributed by atoms with Gasteiger partial charge in [0, 0.05) is 56.8 Å². The van der Waals surface area contributed by atoms with Gasteiger partial charge in [0.1, 0.15) is 17.3 Å². The second-order valence-corrected chi connectivity index (χ2v) is 9.20. The highest BCUT2D eigenvalue weighted by Crippen LogP contribution is 2.26. The van der Waals surface area contributed by atoms with Crippen molar-refractivity contribution in [3.05, 3.63) is 81.7 Å². The monoisotopic (exact) mass is 488 g/mol. The third kappa shape index (κ3) is 4.25. The quantitative estimate of drug-likeness (QED) is 0.431. The van der Waals surface area contributed by atoms with Gasteiger partial charge in [0.05, 0.1) is 11.4 Å². The Bertz CT molecular complexity index is 1490. The molecule has 1 saturated heterocycles. The first-order valence-electron chi connectivity index (χ1n) is 12.1. The van der Waals surface area contributed by atoms with Crippen molar-refractivity contribution in [2.24, 2.45) is 7.05 Å². The number of carbonyl (C=O) groups is 1.